The van der Waals surface area contributed by atoms with E-state index < -0.39 is 11.5 Å². The summed E-state index contributed by atoms with van der Waals surface area (Å²) in [7, 11) is 0. The molecule has 3 aromatic heterocycles. The van der Waals surface area contributed by atoms with E-state index in [4.69, 9.17) is 16.6 Å². The van der Waals surface area contributed by atoms with Gasteiger partial charge in [-0.15, -0.1) is 0 Å². The number of carbonyl (C=O) groups is 1. The van der Waals surface area contributed by atoms with Gasteiger partial charge < -0.3 is 14.9 Å². The minimum absolute atomic E-state index is 0.0210. The van der Waals surface area contributed by atoms with E-state index >= 15 is 0 Å². The van der Waals surface area contributed by atoms with E-state index in [1.165, 1.54) is 16.7 Å². The van der Waals surface area contributed by atoms with E-state index in [1.807, 2.05) is 25.7 Å². The van der Waals surface area contributed by atoms with Crippen LogP contribution in [0.25, 0.3) is 28.0 Å². The summed E-state index contributed by atoms with van der Waals surface area (Å²) in [6.07, 6.45) is 2.94. The highest BCUT2D eigenvalue weighted by Gasteiger charge is 2.30. The van der Waals surface area contributed by atoms with Crippen LogP contribution in [0.1, 0.15) is 32.4 Å². The number of carbonyl (C=O) groups excluding carboxylic acids is 1. The van der Waals surface area contributed by atoms with Crippen molar-refractivity contribution in [2.75, 3.05) is 24.5 Å². The van der Waals surface area contributed by atoms with E-state index in [1.54, 1.807) is 29.3 Å². The lowest BCUT2D eigenvalue weighted by Gasteiger charge is -2.40. The van der Waals surface area contributed by atoms with Gasteiger partial charge in [-0.1, -0.05) is 32.0 Å². The van der Waals surface area contributed by atoms with E-state index in [9.17, 15) is 19.1 Å². The Labute approximate surface area is 235 Å². The molecule has 1 aromatic carbocycles. The Hall–Kier alpha value is -4.31. The monoisotopic (exact) mass is 562 g/mol. The smallest absolute Gasteiger partial charge is 0.355 e. The second-order valence-electron chi connectivity index (χ2n) is 10.00. The van der Waals surface area contributed by atoms with Crippen LogP contribution in [0.5, 0.6) is 5.75 Å². The van der Waals surface area contributed by atoms with Crippen molar-refractivity contribution in [3.05, 3.63) is 82.3 Å². The number of piperazine rings is 1. The first-order chi connectivity index (χ1) is 19.1. The number of halogens is 2. The van der Waals surface area contributed by atoms with Crippen molar-refractivity contribution in [1.29, 1.82) is 0 Å². The number of aromatic hydroxyl groups is 1. The molecule has 0 radical (unpaired) electrons. The maximum absolute atomic E-state index is 14.2. The standard InChI is InChI=1S/C29H28ClFN6O3/c1-5-24(39)35-11-12-36(17(4)15-35)27-20-14-21(30)26(19-13-18(31)8-9-23(19)38)33-28(20)37(29(40)34-27)22-7-6-10-32-25(22)16(2)3/h5-10,13-14,16-17,38H,1,11-12,15H2,2-4H3/t17-/m0/s1. The molecule has 0 aliphatic carbocycles. The largest absolute Gasteiger partial charge is 0.507 e. The van der Waals surface area contributed by atoms with Crippen molar-refractivity contribution in [2.45, 2.75) is 32.7 Å². The van der Waals surface area contributed by atoms with Crippen molar-refractivity contribution in [2.24, 2.45) is 0 Å². The van der Waals surface area contributed by atoms with Gasteiger partial charge in [0.1, 0.15) is 17.4 Å². The van der Waals surface area contributed by atoms with Crippen molar-refractivity contribution in [1.82, 2.24) is 24.4 Å². The van der Waals surface area contributed by atoms with Crippen LogP contribution < -0.4 is 10.6 Å². The molecular weight excluding hydrogens is 535 g/mol. The van der Waals surface area contributed by atoms with Gasteiger partial charge in [0.15, 0.2) is 5.65 Å². The maximum Gasteiger partial charge on any atom is 0.355 e. The number of aromatic nitrogens is 4. The van der Waals surface area contributed by atoms with Gasteiger partial charge in [-0.3, -0.25) is 9.78 Å². The number of anilines is 1. The molecule has 4 aromatic rings. The molecule has 0 bridgehead atoms. The number of nitrogens with zero attached hydrogens (tertiary/aromatic N) is 6. The number of fused-ring (bicyclic) bond motifs is 1. The molecular formula is C29H28ClFN6O3. The van der Waals surface area contributed by atoms with Crippen LogP contribution in [0.4, 0.5) is 10.2 Å². The zero-order chi connectivity index (χ0) is 28.7. The molecule has 11 heteroatoms. The summed E-state index contributed by atoms with van der Waals surface area (Å²) in [6.45, 7) is 10.7. The molecule has 1 aliphatic rings. The van der Waals surface area contributed by atoms with Crippen LogP contribution in [0.3, 0.4) is 0 Å². The highest BCUT2D eigenvalue weighted by atomic mass is 35.5. The number of hydrogen-bond acceptors (Lipinski definition) is 7. The van der Waals surface area contributed by atoms with Crippen LogP contribution in [-0.4, -0.2) is 61.1 Å². The van der Waals surface area contributed by atoms with Gasteiger partial charge >= 0.3 is 5.69 Å². The van der Waals surface area contributed by atoms with Crippen LogP contribution in [0, 0.1) is 5.82 Å². The highest BCUT2D eigenvalue weighted by molar-refractivity contribution is 6.34. The Kier molecular flexibility index (Phi) is 7.29. The van der Waals surface area contributed by atoms with Gasteiger partial charge in [0.25, 0.3) is 0 Å². The van der Waals surface area contributed by atoms with Crippen LogP contribution in [-0.2, 0) is 4.79 Å². The molecule has 1 amide bonds. The molecule has 4 heterocycles. The van der Waals surface area contributed by atoms with Crippen molar-refractivity contribution >= 4 is 34.4 Å². The Balaban J connectivity index is 1.80. The van der Waals surface area contributed by atoms with E-state index in [0.717, 1.165) is 12.1 Å². The number of rotatable bonds is 5. The number of phenols is 1. The molecule has 206 valence electrons. The summed E-state index contributed by atoms with van der Waals surface area (Å²) in [5, 5.41) is 11.2. The summed E-state index contributed by atoms with van der Waals surface area (Å²) >= 11 is 6.71. The zero-order valence-corrected chi connectivity index (χ0v) is 23.1. The normalized spacial score (nSPS) is 15.6. The summed E-state index contributed by atoms with van der Waals surface area (Å²) in [6, 6.07) is 8.43. The van der Waals surface area contributed by atoms with Crippen molar-refractivity contribution < 1.29 is 14.3 Å². The maximum atomic E-state index is 14.2. The number of pyridine rings is 2. The first-order valence-electron chi connectivity index (χ1n) is 12.9. The number of benzene rings is 1. The quantitative estimate of drug-likeness (QED) is 0.352. The van der Waals surface area contributed by atoms with Gasteiger partial charge in [0, 0.05) is 37.4 Å². The van der Waals surface area contributed by atoms with Crippen molar-refractivity contribution in [3.8, 4) is 22.7 Å². The van der Waals surface area contributed by atoms with Crippen LogP contribution >= 0.6 is 11.6 Å². The van der Waals surface area contributed by atoms with E-state index in [0.29, 0.717) is 42.2 Å². The Morgan fingerprint density at radius 2 is 2.00 bits per heavy atom. The number of amides is 1. The Morgan fingerprint density at radius 3 is 2.70 bits per heavy atom. The Morgan fingerprint density at radius 1 is 1.23 bits per heavy atom. The topological polar surface area (TPSA) is 104 Å². The molecule has 1 N–H and O–H groups in total. The average Bonchev–Trinajstić information content (AvgIpc) is 2.93. The van der Waals surface area contributed by atoms with Gasteiger partial charge in [-0.2, -0.15) is 4.98 Å². The number of phenolic OH excluding ortho intramolecular Hbond substituents is 1. The van der Waals surface area contributed by atoms with E-state index in [2.05, 4.69) is 16.5 Å². The molecule has 1 aliphatic heterocycles. The SMILES string of the molecule is C=CC(=O)N1CCN(c2nc(=O)n(-c3cccnc3C(C)C)c3nc(-c4cc(F)ccc4O)c(Cl)cc23)[C@@H](C)C1. The molecule has 0 saturated carbocycles. The predicted molar refractivity (Wildman–Crippen MR) is 153 cm³/mol. The molecule has 1 saturated heterocycles. The number of hydrogen-bond donors (Lipinski definition) is 1. The minimum atomic E-state index is -0.585. The molecule has 40 heavy (non-hydrogen) atoms. The lowest BCUT2D eigenvalue weighted by Crippen LogP contribution is -2.54. The predicted octanol–water partition coefficient (Wildman–Crippen LogP) is 4.69. The average molecular weight is 563 g/mol. The molecule has 9 nitrogen and oxygen atoms in total. The first kappa shape index (κ1) is 27.3. The third-order valence-corrected chi connectivity index (χ3v) is 7.29. The van der Waals surface area contributed by atoms with Crippen LogP contribution in [0.2, 0.25) is 5.02 Å². The van der Waals surface area contributed by atoms with Gasteiger partial charge in [-0.05, 0) is 55.3 Å². The van der Waals surface area contributed by atoms with Gasteiger partial charge in [0.05, 0.1) is 27.5 Å². The first-order valence-corrected chi connectivity index (χ1v) is 13.2. The van der Waals surface area contributed by atoms with Gasteiger partial charge in [0.2, 0.25) is 5.91 Å². The lowest BCUT2D eigenvalue weighted by molar-refractivity contribution is -0.126. The second kappa shape index (κ2) is 10.7. The van der Waals surface area contributed by atoms with E-state index in [-0.39, 0.29) is 45.5 Å². The van der Waals surface area contributed by atoms with Crippen LogP contribution in [0.15, 0.2) is 60.0 Å². The Bertz CT molecular complexity index is 1710. The second-order valence-corrected chi connectivity index (χ2v) is 10.4. The summed E-state index contributed by atoms with van der Waals surface area (Å²) in [5.41, 5.74) is 1.01. The zero-order valence-electron chi connectivity index (χ0n) is 22.3. The molecule has 0 unspecified atom stereocenters. The fraction of sp³-hybridized carbons (Fsp3) is 0.276. The summed E-state index contributed by atoms with van der Waals surface area (Å²) < 4.78 is 15.6. The van der Waals surface area contributed by atoms with Crippen molar-refractivity contribution in [3.63, 3.8) is 0 Å². The summed E-state index contributed by atoms with van der Waals surface area (Å²) in [5.74, 6) is -0.601. The fourth-order valence-corrected chi connectivity index (χ4v) is 5.33. The highest BCUT2D eigenvalue weighted by Crippen LogP contribution is 2.38. The van der Waals surface area contributed by atoms with Gasteiger partial charge in [-0.25, -0.2) is 18.7 Å². The third-order valence-electron chi connectivity index (χ3n) is 7.00. The third kappa shape index (κ3) is 4.79. The molecule has 5 rings (SSSR count). The lowest BCUT2D eigenvalue weighted by atomic mass is 10.1. The molecule has 1 fully saturated rings. The molecule has 0 spiro atoms. The minimum Gasteiger partial charge on any atom is -0.507 e. The summed E-state index contributed by atoms with van der Waals surface area (Å²) in [4.78, 5) is 43.4. The molecule has 1 atom stereocenters. The fourth-order valence-electron chi connectivity index (χ4n) is 5.07.